The van der Waals surface area contributed by atoms with Crippen molar-refractivity contribution in [1.82, 2.24) is 4.98 Å². The topological polar surface area (TPSA) is 53.4 Å². The van der Waals surface area contributed by atoms with Crippen LogP contribution in [0.5, 0.6) is 0 Å². The smallest absolute Gasteiger partial charge is 0.305 e. The molecule has 0 radical (unpaired) electrons. The highest BCUT2D eigenvalue weighted by Gasteiger charge is 2.13. The monoisotopic (exact) mass is 288 g/mol. The number of hydrogen-bond acceptors (Lipinski definition) is 3. The Bertz CT molecular complexity index is 631. The molecule has 1 aromatic carbocycles. The van der Waals surface area contributed by atoms with Gasteiger partial charge in [-0.25, -0.2) is 9.37 Å². The number of carbonyl (C=O) groups is 1. The van der Waals surface area contributed by atoms with Crippen LogP contribution in [-0.2, 0) is 11.3 Å². The zero-order valence-corrected chi connectivity index (χ0v) is 11.8. The molecular weight excluding hydrogens is 271 g/mol. The van der Waals surface area contributed by atoms with Gasteiger partial charge in [0.05, 0.1) is 6.42 Å². The molecule has 0 atom stereocenters. The minimum absolute atomic E-state index is 0.0237. The van der Waals surface area contributed by atoms with Gasteiger partial charge < -0.3 is 10.0 Å². The summed E-state index contributed by atoms with van der Waals surface area (Å²) in [6, 6.07) is 10.2. The molecule has 2 aromatic rings. The molecule has 0 aliphatic heterocycles. The number of hydrogen-bond donors (Lipinski definition) is 1. The molecule has 1 aromatic heterocycles. The standard InChI is InChI=1S/C16H17FN2O2/c1-12-6-8-18-15(10-12)19(9-7-16(20)21)11-13-4-2-3-5-14(13)17/h2-6,8,10H,7,9,11H2,1H3,(H,20,21). The van der Waals surface area contributed by atoms with E-state index in [1.54, 1.807) is 29.3 Å². The van der Waals surface area contributed by atoms with Crippen LogP contribution in [0.3, 0.4) is 0 Å². The SMILES string of the molecule is Cc1ccnc(N(CCC(=O)O)Cc2ccccc2F)c1. The summed E-state index contributed by atoms with van der Waals surface area (Å²) in [5.41, 5.74) is 1.54. The highest BCUT2D eigenvalue weighted by Crippen LogP contribution is 2.18. The van der Waals surface area contributed by atoms with Gasteiger partial charge >= 0.3 is 5.97 Å². The van der Waals surface area contributed by atoms with Crippen LogP contribution in [0.4, 0.5) is 10.2 Å². The lowest BCUT2D eigenvalue weighted by molar-refractivity contribution is -0.136. The van der Waals surface area contributed by atoms with Crippen LogP contribution in [0.2, 0.25) is 0 Å². The molecule has 0 unspecified atom stereocenters. The third-order valence-electron chi connectivity index (χ3n) is 3.14. The maximum atomic E-state index is 13.8. The highest BCUT2D eigenvalue weighted by molar-refractivity contribution is 5.67. The average Bonchev–Trinajstić information content (AvgIpc) is 2.45. The molecule has 5 heteroatoms. The molecule has 1 heterocycles. The van der Waals surface area contributed by atoms with Crippen molar-refractivity contribution >= 4 is 11.8 Å². The summed E-state index contributed by atoms with van der Waals surface area (Å²) >= 11 is 0. The van der Waals surface area contributed by atoms with E-state index in [9.17, 15) is 9.18 Å². The van der Waals surface area contributed by atoms with Gasteiger partial charge in [-0.05, 0) is 30.7 Å². The van der Waals surface area contributed by atoms with Crippen molar-refractivity contribution in [3.8, 4) is 0 Å². The van der Waals surface area contributed by atoms with Gasteiger partial charge in [0.15, 0.2) is 0 Å². The van der Waals surface area contributed by atoms with Crippen LogP contribution in [-0.4, -0.2) is 22.6 Å². The fourth-order valence-electron chi connectivity index (χ4n) is 2.03. The summed E-state index contributed by atoms with van der Waals surface area (Å²) < 4.78 is 13.8. The fourth-order valence-corrected chi connectivity index (χ4v) is 2.03. The van der Waals surface area contributed by atoms with E-state index in [-0.39, 0.29) is 25.3 Å². The number of aliphatic carboxylic acids is 1. The van der Waals surface area contributed by atoms with Crippen LogP contribution >= 0.6 is 0 Å². The molecule has 110 valence electrons. The lowest BCUT2D eigenvalue weighted by Crippen LogP contribution is -2.27. The van der Waals surface area contributed by atoms with E-state index in [1.165, 1.54) is 6.07 Å². The summed E-state index contributed by atoms with van der Waals surface area (Å²) in [6.45, 7) is 2.50. The second-order valence-corrected chi connectivity index (χ2v) is 4.85. The quantitative estimate of drug-likeness (QED) is 0.887. The van der Waals surface area contributed by atoms with Crippen LogP contribution in [0.15, 0.2) is 42.6 Å². The predicted molar refractivity (Wildman–Crippen MR) is 78.7 cm³/mol. The third kappa shape index (κ3) is 4.27. The summed E-state index contributed by atoms with van der Waals surface area (Å²) in [5, 5.41) is 8.86. The zero-order valence-electron chi connectivity index (χ0n) is 11.8. The van der Waals surface area contributed by atoms with E-state index >= 15 is 0 Å². The zero-order chi connectivity index (χ0) is 15.2. The van der Waals surface area contributed by atoms with Gasteiger partial charge in [0.1, 0.15) is 11.6 Å². The van der Waals surface area contributed by atoms with Crippen molar-refractivity contribution in [1.29, 1.82) is 0 Å². The first-order valence-corrected chi connectivity index (χ1v) is 6.69. The van der Waals surface area contributed by atoms with Crippen molar-refractivity contribution in [3.63, 3.8) is 0 Å². The van der Waals surface area contributed by atoms with E-state index in [1.807, 2.05) is 19.1 Å². The Balaban J connectivity index is 2.23. The Morgan fingerprint density at radius 1 is 1.33 bits per heavy atom. The highest BCUT2D eigenvalue weighted by atomic mass is 19.1. The molecule has 0 saturated heterocycles. The van der Waals surface area contributed by atoms with Crippen LogP contribution < -0.4 is 4.90 Å². The van der Waals surface area contributed by atoms with Crippen molar-refractivity contribution in [2.45, 2.75) is 19.9 Å². The molecule has 0 spiro atoms. The number of nitrogens with zero attached hydrogens (tertiary/aromatic N) is 2. The number of carboxylic acid groups (broad SMARTS) is 1. The molecule has 0 aliphatic carbocycles. The second kappa shape index (κ2) is 6.83. The van der Waals surface area contributed by atoms with Gasteiger partial charge in [-0.1, -0.05) is 18.2 Å². The largest absolute Gasteiger partial charge is 0.481 e. The van der Waals surface area contributed by atoms with Gasteiger partial charge in [-0.3, -0.25) is 4.79 Å². The number of halogens is 1. The lowest BCUT2D eigenvalue weighted by Gasteiger charge is -2.23. The number of pyridine rings is 1. The van der Waals surface area contributed by atoms with Crippen molar-refractivity contribution in [2.75, 3.05) is 11.4 Å². The fraction of sp³-hybridized carbons (Fsp3) is 0.250. The minimum Gasteiger partial charge on any atom is -0.481 e. The van der Waals surface area contributed by atoms with Crippen molar-refractivity contribution in [3.05, 3.63) is 59.5 Å². The van der Waals surface area contributed by atoms with Gasteiger partial charge in [0.25, 0.3) is 0 Å². The van der Waals surface area contributed by atoms with Crippen molar-refractivity contribution in [2.24, 2.45) is 0 Å². The van der Waals surface area contributed by atoms with Gasteiger partial charge in [0.2, 0.25) is 0 Å². The maximum absolute atomic E-state index is 13.8. The summed E-state index contributed by atoms with van der Waals surface area (Å²) in [6.07, 6.45) is 1.64. The lowest BCUT2D eigenvalue weighted by atomic mass is 10.2. The first kappa shape index (κ1) is 15.0. The normalized spacial score (nSPS) is 10.4. The molecule has 2 rings (SSSR count). The van der Waals surface area contributed by atoms with E-state index in [4.69, 9.17) is 5.11 Å². The Morgan fingerprint density at radius 3 is 2.76 bits per heavy atom. The Hall–Kier alpha value is -2.43. The van der Waals surface area contributed by atoms with Crippen molar-refractivity contribution < 1.29 is 14.3 Å². The predicted octanol–water partition coefficient (Wildman–Crippen LogP) is 3.01. The van der Waals surface area contributed by atoms with Gasteiger partial charge in [-0.2, -0.15) is 0 Å². The molecule has 0 amide bonds. The number of aryl methyl sites for hydroxylation is 1. The number of anilines is 1. The van der Waals surface area contributed by atoms with Gasteiger partial charge in [-0.15, -0.1) is 0 Å². The van der Waals surface area contributed by atoms with Crippen LogP contribution in [0.25, 0.3) is 0 Å². The second-order valence-electron chi connectivity index (χ2n) is 4.85. The molecule has 0 fully saturated rings. The average molecular weight is 288 g/mol. The Morgan fingerprint density at radius 2 is 2.10 bits per heavy atom. The summed E-state index contributed by atoms with van der Waals surface area (Å²) in [7, 11) is 0. The number of benzene rings is 1. The molecule has 4 nitrogen and oxygen atoms in total. The minimum atomic E-state index is -0.888. The Labute approximate surface area is 122 Å². The molecule has 1 N–H and O–H groups in total. The molecule has 21 heavy (non-hydrogen) atoms. The number of carboxylic acids is 1. The summed E-state index contributed by atoms with van der Waals surface area (Å²) in [5.74, 6) is -0.536. The summed E-state index contributed by atoms with van der Waals surface area (Å²) in [4.78, 5) is 16.8. The van der Waals surface area contributed by atoms with E-state index in [0.29, 0.717) is 11.4 Å². The first-order valence-electron chi connectivity index (χ1n) is 6.69. The molecular formula is C16H17FN2O2. The van der Waals surface area contributed by atoms with Crippen LogP contribution in [0, 0.1) is 12.7 Å². The third-order valence-corrected chi connectivity index (χ3v) is 3.14. The molecule has 0 bridgehead atoms. The van der Waals surface area contributed by atoms with Gasteiger partial charge in [0, 0.05) is 24.8 Å². The Kier molecular flexibility index (Phi) is 4.87. The van der Waals surface area contributed by atoms with E-state index < -0.39 is 5.97 Å². The van der Waals surface area contributed by atoms with E-state index in [0.717, 1.165) is 5.56 Å². The first-order chi connectivity index (χ1) is 10.1. The van der Waals surface area contributed by atoms with E-state index in [2.05, 4.69) is 4.98 Å². The maximum Gasteiger partial charge on any atom is 0.305 e. The molecule has 0 saturated carbocycles. The number of aromatic nitrogens is 1. The van der Waals surface area contributed by atoms with Crippen LogP contribution in [0.1, 0.15) is 17.5 Å². The molecule has 0 aliphatic rings. The number of rotatable bonds is 6.